The van der Waals surface area contributed by atoms with Crippen LogP contribution in [0.3, 0.4) is 0 Å². The van der Waals surface area contributed by atoms with Gasteiger partial charge in [0.2, 0.25) is 0 Å². The van der Waals surface area contributed by atoms with Gasteiger partial charge in [-0.15, -0.1) is 0 Å². The van der Waals surface area contributed by atoms with Crippen LogP contribution in [-0.2, 0) is 26.1 Å². The van der Waals surface area contributed by atoms with Gasteiger partial charge in [-0.05, 0) is 65.1 Å². The average Bonchev–Trinajstić information content (AvgIpc) is 3.11. The van der Waals surface area contributed by atoms with E-state index in [0.717, 1.165) is 42.9 Å². The molecule has 0 saturated carbocycles. The highest BCUT2D eigenvalue weighted by atomic mass is 35.5. The molecule has 3 nitrogen and oxygen atoms in total. The van der Waals surface area contributed by atoms with E-state index in [-0.39, 0.29) is 6.04 Å². The van der Waals surface area contributed by atoms with Gasteiger partial charge in [-0.2, -0.15) is 0 Å². The van der Waals surface area contributed by atoms with Gasteiger partial charge in [0.15, 0.2) is 0 Å². The van der Waals surface area contributed by atoms with Crippen molar-refractivity contribution in [1.82, 2.24) is 4.90 Å². The van der Waals surface area contributed by atoms with Gasteiger partial charge in [0.05, 0.1) is 0 Å². The van der Waals surface area contributed by atoms with E-state index in [2.05, 4.69) is 28.4 Å². The van der Waals surface area contributed by atoms with Crippen molar-refractivity contribution >= 4 is 52.1 Å². The van der Waals surface area contributed by atoms with Crippen LogP contribution < -0.4 is 11.1 Å². The highest BCUT2D eigenvalue weighted by Gasteiger charge is 2.21. The molecule has 0 aromatic heterocycles. The largest absolute Gasteiger partial charge is 0.381 e. The maximum absolute atomic E-state index is 6.43. The van der Waals surface area contributed by atoms with E-state index in [9.17, 15) is 0 Å². The van der Waals surface area contributed by atoms with Gasteiger partial charge in [-0.1, -0.05) is 64.6 Å². The first kappa shape index (κ1) is 22.7. The summed E-state index contributed by atoms with van der Waals surface area (Å²) in [6, 6.07) is 17.6. The summed E-state index contributed by atoms with van der Waals surface area (Å²) in [7, 11) is 0. The summed E-state index contributed by atoms with van der Waals surface area (Å²) in [5.41, 5.74) is 12.2. The van der Waals surface area contributed by atoms with Crippen LogP contribution in [0.15, 0.2) is 54.6 Å². The lowest BCUT2D eigenvalue weighted by molar-refractivity contribution is 0.264. The van der Waals surface area contributed by atoms with Gasteiger partial charge < -0.3 is 11.1 Å². The molecule has 4 rings (SSSR count). The molecule has 3 N–H and O–H groups in total. The molecule has 3 aromatic rings. The Balaban J connectivity index is 1.33. The molecule has 1 atom stereocenters. The fourth-order valence-electron chi connectivity index (χ4n) is 3.93. The number of hydrogen-bond acceptors (Lipinski definition) is 3. The first-order valence-electron chi connectivity index (χ1n) is 10.1. The number of hydrogen-bond donors (Lipinski definition) is 2. The normalized spacial score (nSPS) is 14.5. The maximum atomic E-state index is 6.43. The van der Waals surface area contributed by atoms with Crippen LogP contribution >= 0.6 is 46.4 Å². The smallest absolute Gasteiger partial charge is 0.0470 e. The second-order valence-corrected chi connectivity index (χ2v) is 9.63. The van der Waals surface area contributed by atoms with Crippen molar-refractivity contribution in [2.45, 2.75) is 32.1 Å². The van der Waals surface area contributed by atoms with Crippen LogP contribution in [0, 0.1) is 0 Å². The molecular formula is C24H23Cl4N3. The fourth-order valence-corrected chi connectivity index (χ4v) is 4.89. The Morgan fingerprint density at radius 2 is 1.45 bits per heavy atom. The van der Waals surface area contributed by atoms with Crippen molar-refractivity contribution in [3.05, 3.63) is 96.9 Å². The molecule has 0 saturated heterocycles. The van der Waals surface area contributed by atoms with E-state index < -0.39 is 0 Å². The van der Waals surface area contributed by atoms with Gasteiger partial charge >= 0.3 is 0 Å². The fraction of sp³-hybridized carbons (Fsp3) is 0.250. The van der Waals surface area contributed by atoms with Gasteiger partial charge in [-0.25, -0.2) is 0 Å². The Labute approximate surface area is 203 Å². The highest BCUT2D eigenvalue weighted by molar-refractivity contribution is 6.35. The lowest BCUT2D eigenvalue weighted by Crippen LogP contribution is -2.36. The van der Waals surface area contributed by atoms with Crippen molar-refractivity contribution in [3.8, 4) is 0 Å². The Morgan fingerprint density at radius 1 is 0.806 bits per heavy atom. The minimum Gasteiger partial charge on any atom is -0.381 e. The molecule has 0 radical (unpaired) electrons. The van der Waals surface area contributed by atoms with E-state index in [1.807, 2.05) is 24.3 Å². The van der Waals surface area contributed by atoms with Crippen LogP contribution in [0.1, 0.15) is 22.3 Å². The minimum atomic E-state index is -0.00219. The molecule has 31 heavy (non-hydrogen) atoms. The molecule has 0 fully saturated rings. The monoisotopic (exact) mass is 493 g/mol. The molecule has 0 amide bonds. The molecular weight excluding hydrogens is 472 g/mol. The van der Waals surface area contributed by atoms with Crippen molar-refractivity contribution in [3.63, 3.8) is 0 Å². The van der Waals surface area contributed by atoms with E-state index in [4.69, 9.17) is 52.1 Å². The molecule has 0 bridgehead atoms. The maximum Gasteiger partial charge on any atom is 0.0470 e. The number of benzene rings is 3. The Kier molecular flexibility index (Phi) is 7.33. The van der Waals surface area contributed by atoms with Crippen molar-refractivity contribution < 1.29 is 0 Å². The summed E-state index contributed by atoms with van der Waals surface area (Å²) in [6.07, 6.45) is 0.720. The van der Waals surface area contributed by atoms with E-state index in [0.29, 0.717) is 26.6 Å². The summed E-state index contributed by atoms with van der Waals surface area (Å²) in [5.74, 6) is 0. The zero-order chi connectivity index (χ0) is 22.0. The number of anilines is 1. The number of halogens is 4. The van der Waals surface area contributed by atoms with E-state index >= 15 is 0 Å². The molecule has 162 valence electrons. The van der Waals surface area contributed by atoms with Gasteiger partial charge in [0, 0.05) is 58.0 Å². The van der Waals surface area contributed by atoms with E-state index in [1.165, 1.54) is 11.1 Å². The minimum absolute atomic E-state index is 0.00219. The number of nitrogens with one attached hydrogen (secondary N) is 1. The highest BCUT2D eigenvalue weighted by Crippen LogP contribution is 2.28. The number of rotatable bonds is 7. The average molecular weight is 495 g/mol. The summed E-state index contributed by atoms with van der Waals surface area (Å²) in [5, 5.41) is 6.07. The topological polar surface area (TPSA) is 41.3 Å². The van der Waals surface area contributed by atoms with Gasteiger partial charge in [0.1, 0.15) is 0 Å². The molecule has 1 heterocycles. The summed E-state index contributed by atoms with van der Waals surface area (Å²) in [6.45, 7) is 3.23. The van der Waals surface area contributed by atoms with Crippen LogP contribution in [0.2, 0.25) is 20.1 Å². The van der Waals surface area contributed by atoms with Crippen LogP contribution in [0.25, 0.3) is 0 Å². The summed E-state index contributed by atoms with van der Waals surface area (Å²) in [4.78, 5) is 2.37. The van der Waals surface area contributed by atoms with Crippen LogP contribution in [0.5, 0.6) is 0 Å². The number of nitrogens with two attached hydrogens (primary N) is 1. The first-order chi connectivity index (χ1) is 14.9. The molecule has 0 aliphatic carbocycles. The molecule has 1 aliphatic rings. The number of fused-ring (bicyclic) bond motifs is 1. The Hall–Kier alpha value is -1.46. The SMILES string of the molecule is N[C@H](Cc1ccc(Cl)cc1Cl)CN1Cc2ccc(NCc3ccc(Cl)cc3Cl)cc2C1. The van der Waals surface area contributed by atoms with Crippen molar-refractivity contribution in [1.29, 1.82) is 0 Å². The zero-order valence-corrected chi connectivity index (χ0v) is 19.9. The van der Waals surface area contributed by atoms with Crippen LogP contribution in [-0.4, -0.2) is 17.5 Å². The second kappa shape index (κ2) is 9.99. The Bertz CT molecular complexity index is 1090. The summed E-state index contributed by atoms with van der Waals surface area (Å²) < 4.78 is 0. The van der Waals surface area contributed by atoms with E-state index in [1.54, 1.807) is 12.1 Å². The predicted octanol–water partition coefficient (Wildman–Crippen LogP) is 6.80. The molecule has 0 spiro atoms. The van der Waals surface area contributed by atoms with Crippen molar-refractivity contribution in [2.75, 3.05) is 11.9 Å². The van der Waals surface area contributed by atoms with Crippen LogP contribution in [0.4, 0.5) is 5.69 Å². The standard InChI is InChI=1S/C24H23Cl4N3/c25-19-4-1-15(23(27)9-19)7-21(29)14-31-12-17-3-6-22(8-18(17)13-31)30-11-16-2-5-20(26)10-24(16)28/h1-6,8-10,21,30H,7,11-14,29H2/t21-/m1/s1. The zero-order valence-electron chi connectivity index (χ0n) is 16.8. The second-order valence-electron chi connectivity index (χ2n) is 7.94. The first-order valence-corrected chi connectivity index (χ1v) is 11.6. The third kappa shape index (κ3) is 5.87. The third-order valence-electron chi connectivity index (χ3n) is 5.48. The van der Waals surface area contributed by atoms with Gasteiger partial charge in [-0.3, -0.25) is 4.90 Å². The van der Waals surface area contributed by atoms with Crippen molar-refractivity contribution in [2.24, 2.45) is 5.73 Å². The lowest BCUT2D eigenvalue weighted by Gasteiger charge is -2.20. The molecule has 3 aromatic carbocycles. The van der Waals surface area contributed by atoms with Gasteiger partial charge in [0.25, 0.3) is 0 Å². The summed E-state index contributed by atoms with van der Waals surface area (Å²) >= 11 is 24.5. The molecule has 1 aliphatic heterocycles. The molecule has 0 unspecified atom stereocenters. The lowest BCUT2D eigenvalue weighted by atomic mass is 10.1. The third-order valence-corrected chi connectivity index (χ3v) is 6.66. The Morgan fingerprint density at radius 3 is 2.13 bits per heavy atom. The number of nitrogens with zero attached hydrogens (tertiary/aromatic N) is 1. The molecule has 7 heteroatoms. The predicted molar refractivity (Wildman–Crippen MR) is 132 cm³/mol. The quantitative estimate of drug-likeness (QED) is 0.379.